The summed E-state index contributed by atoms with van der Waals surface area (Å²) < 4.78 is 10.8. The lowest BCUT2D eigenvalue weighted by Crippen LogP contribution is -2.15. The number of rotatable bonds is 7. The number of aromatic nitrogens is 2. The maximum atomic E-state index is 5.45. The number of hydrogen-bond acceptors (Lipinski definition) is 6. The first-order chi connectivity index (χ1) is 13.7. The molecule has 6 nitrogen and oxygen atoms in total. The molecular weight excluding hydrogens is 352 g/mol. The summed E-state index contributed by atoms with van der Waals surface area (Å²) in [6.45, 7) is 5.16. The molecule has 28 heavy (non-hydrogen) atoms. The van der Waals surface area contributed by atoms with Gasteiger partial charge in [0, 0.05) is 24.2 Å². The number of nitrogens with zero attached hydrogens (tertiary/aromatic N) is 2. The van der Waals surface area contributed by atoms with Crippen LogP contribution in [0.2, 0.25) is 0 Å². The van der Waals surface area contributed by atoms with Crippen molar-refractivity contribution < 1.29 is 9.47 Å². The molecule has 0 spiro atoms. The van der Waals surface area contributed by atoms with Crippen LogP contribution in [0.1, 0.15) is 25.8 Å². The van der Waals surface area contributed by atoms with E-state index in [1.807, 2.05) is 42.5 Å². The summed E-state index contributed by atoms with van der Waals surface area (Å²) in [4.78, 5) is 9.35. The molecule has 1 atom stereocenters. The van der Waals surface area contributed by atoms with Crippen LogP contribution in [0, 0.1) is 0 Å². The highest BCUT2D eigenvalue weighted by Gasteiger charge is 2.13. The minimum absolute atomic E-state index is 0.277. The quantitative estimate of drug-likeness (QED) is 0.623. The summed E-state index contributed by atoms with van der Waals surface area (Å²) in [5.74, 6) is 2.96. The maximum Gasteiger partial charge on any atom is 0.231 e. The Labute approximate surface area is 164 Å². The van der Waals surface area contributed by atoms with Crippen molar-refractivity contribution >= 4 is 11.8 Å². The van der Waals surface area contributed by atoms with E-state index in [1.165, 1.54) is 0 Å². The number of anilines is 2. The van der Waals surface area contributed by atoms with E-state index in [0.29, 0.717) is 18.5 Å². The lowest BCUT2D eigenvalue weighted by Gasteiger charge is -2.15. The zero-order valence-corrected chi connectivity index (χ0v) is 16.1. The SMILES string of the molecule is CCC(C)Nc1cc(-c2ccccc2)nc(NCc2ccc3c(c2)OCO3)n1. The molecule has 1 unspecified atom stereocenters. The molecule has 0 radical (unpaired) electrons. The average molecular weight is 376 g/mol. The molecule has 0 bridgehead atoms. The van der Waals surface area contributed by atoms with Gasteiger partial charge in [-0.2, -0.15) is 4.98 Å². The molecule has 4 rings (SSSR count). The van der Waals surface area contributed by atoms with Gasteiger partial charge in [0.2, 0.25) is 12.7 Å². The molecule has 6 heteroatoms. The zero-order chi connectivity index (χ0) is 19.3. The molecule has 0 saturated heterocycles. The third kappa shape index (κ3) is 4.17. The molecule has 1 aliphatic heterocycles. The van der Waals surface area contributed by atoms with Crippen LogP contribution in [0.3, 0.4) is 0 Å². The van der Waals surface area contributed by atoms with Crippen LogP contribution in [-0.4, -0.2) is 22.8 Å². The Kier molecular flexibility index (Phi) is 5.28. The fourth-order valence-electron chi connectivity index (χ4n) is 2.94. The van der Waals surface area contributed by atoms with Gasteiger partial charge in [0.25, 0.3) is 0 Å². The first-order valence-electron chi connectivity index (χ1n) is 9.54. The van der Waals surface area contributed by atoms with Crippen LogP contribution in [0.15, 0.2) is 54.6 Å². The first kappa shape index (κ1) is 18.1. The summed E-state index contributed by atoms with van der Waals surface area (Å²) in [5, 5.41) is 6.78. The average Bonchev–Trinajstić information content (AvgIpc) is 3.20. The first-order valence-corrected chi connectivity index (χ1v) is 9.54. The van der Waals surface area contributed by atoms with Crippen molar-refractivity contribution in [1.82, 2.24) is 9.97 Å². The number of hydrogen-bond donors (Lipinski definition) is 2. The summed E-state index contributed by atoms with van der Waals surface area (Å²) >= 11 is 0. The molecule has 0 aliphatic carbocycles. The summed E-state index contributed by atoms with van der Waals surface area (Å²) in [5.41, 5.74) is 3.02. The van der Waals surface area contributed by atoms with Crippen LogP contribution >= 0.6 is 0 Å². The van der Waals surface area contributed by atoms with E-state index in [4.69, 9.17) is 14.5 Å². The lowest BCUT2D eigenvalue weighted by atomic mass is 10.1. The van der Waals surface area contributed by atoms with Crippen LogP contribution in [0.4, 0.5) is 11.8 Å². The lowest BCUT2D eigenvalue weighted by molar-refractivity contribution is 0.174. The molecule has 1 aromatic heterocycles. The summed E-state index contributed by atoms with van der Waals surface area (Å²) in [6.07, 6.45) is 1.02. The van der Waals surface area contributed by atoms with Crippen LogP contribution in [-0.2, 0) is 6.54 Å². The molecule has 3 aromatic rings. The minimum atomic E-state index is 0.277. The topological polar surface area (TPSA) is 68.3 Å². The number of fused-ring (bicyclic) bond motifs is 1. The Balaban J connectivity index is 1.57. The van der Waals surface area contributed by atoms with Gasteiger partial charge in [-0.1, -0.05) is 43.3 Å². The second-order valence-corrected chi connectivity index (χ2v) is 6.82. The Morgan fingerprint density at radius 2 is 1.82 bits per heavy atom. The van der Waals surface area contributed by atoms with Gasteiger partial charge in [0.05, 0.1) is 5.69 Å². The van der Waals surface area contributed by atoms with Crippen molar-refractivity contribution in [2.24, 2.45) is 0 Å². The Hall–Kier alpha value is -3.28. The minimum Gasteiger partial charge on any atom is -0.454 e. The predicted molar refractivity (Wildman–Crippen MR) is 111 cm³/mol. The second kappa shape index (κ2) is 8.17. The monoisotopic (exact) mass is 376 g/mol. The molecule has 2 aromatic carbocycles. The van der Waals surface area contributed by atoms with E-state index >= 15 is 0 Å². The standard InChI is InChI=1S/C22H24N4O2/c1-3-15(2)24-21-12-18(17-7-5-4-6-8-17)25-22(26-21)23-13-16-9-10-19-20(11-16)28-14-27-19/h4-12,15H,3,13-14H2,1-2H3,(H2,23,24,25,26). The van der Waals surface area contributed by atoms with Crippen LogP contribution in [0.5, 0.6) is 11.5 Å². The van der Waals surface area contributed by atoms with Crippen LogP contribution < -0.4 is 20.1 Å². The molecule has 1 aliphatic rings. The second-order valence-electron chi connectivity index (χ2n) is 6.82. The molecule has 144 valence electrons. The van der Waals surface area contributed by atoms with E-state index in [0.717, 1.165) is 40.6 Å². The molecule has 2 N–H and O–H groups in total. The van der Waals surface area contributed by atoms with Gasteiger partial charge in [-0.25, -0.2) is 4.98 Å². The van der Waals surface area contributed by atoms with E-state index in [-0.39, 0.29) is 6.79 Å². The van der Waals surface area contributed by atoms with E-state index in [1.54, 1.807) is 0 Å². The Bertz CT molecular complexity index is 947. The number of benzene rings is 2. The van der Waals surface area contributed by atoms with Gasteiger partial charge in [0.1, 0.15) is 5.82 Å². The normalized spacial score (nSPS) is 13.2. The molecule has 0 saturated carbocycles. The third-order valence-electron chi connectivity index (χ3n) is 4.69. The molecule has 0 fully saturated rings. The van der Waals surface area contributed by atoms with Crippen molar-refractivity contribution in [3.63, 3.8) is 0 Å². The van der Waals surface area contributed by atoms with Crippen LogP contribution in [0.25, 0.3) is 11.3 Å². The molecule has 0 amide bonds. The van der Waals surface area contributed by atoms with Gasteiger partial charge >= 0.3 is 0 Å². The Morgan fingerprint density at radius 3 is 2.64 bits per heavy atom. The van der Waals surface area contributed by atoms with Crippen molar-refractivity contribution in [3.8, 4) is 22.8 Å². The highest BCUT2D eigenvalue weighted by Crippen LogP contribution is 2.32. The van der Waals surface area contributed by atoms with Crippen molar-refractivity contribution in [1.29, 1.82) is 0 Å². The predicted octanol–water partition coefficient (Wildman–Crippen LogP) is 4.69. The summed E-state index contributed by atoms with van der Waals surface area (Å²) in [7, 11) is 0. The maximum absolute atomic E-state index is 5.45. The van der Waals surface area contributed by atoms with Crippen molar-refractivity contribution in [2.45, 2.75) is 32.9 Å². The van der Waals surface area contributed by atoms with E-state index in [9.17, 15) is 0 Å². The Morgan fingerprint density at radius 1 is 1.00 bits per heavy atom. The fraction of sp³-hybridized carbons (Fsp3) is 0.273. The highest BCUT2D eigenvalue weighted by atomic mass is 16.7. The zero-order valence-electron chi connectivity index (χ0n) is 16.1. The largest absolute Gasteiger partial charge is 0.454 e. The van der Waals surface area contributed by atoms with Gasteiger partial charge < -0.3 is 20.1 Å². The molecule has 2 heterocycles. The fourth-order valence-corrected chi connectivity index (χ4v) is 2.94. The van der Waals surface area contributed by atoms with Gasteiger partial charge in [-0.05, 0) is 31.0 Å². The van der Waals surface area contributed by atoms with Crippen molar-refractivity contribution in [3.05, 3.63) is 60.2 Å². The van der Waals surface area contributed by atoms with E-state index in [2.05, 4.69) is 41.6 Å². The highest BCUT2D eigenvalue weighted by molar-refractivity contribution is 5.64. The number of ether oxygens (including phenoxy) is 2. The molecular formula is C22H24N4O2. The van der Waals surface area contributed by atoms with Gasteiger partial charge in [-0.15, -0.1) is 0 Å². The smallest absolute Gasteiger partial charge is 0.231 e. The van der Waals surface area contributed by atoms with Crippen molar-refractivity contribution in [2.75, 3.05) is 17.4 Å². The van der Waals surface area contributed by atoms with Gasteiger partial charge in [-0.3, -0.25) is 0 Å². The van der Waals surface area contributed by atoms with E-state index < -0.39 is 0 Å². The van der Waals surface area contributed by atoms with Gasteiger partial charge in [0.15, 0.2) is 11.5 Å². The third-order valence-corrected chi connectivity index (χ3v) is 4.69. The number of nitrogens with one attached hydrogen (secondary N) is 2. The summed E-state index contributed by atoms with van der Waals surface area (Å²) in [6, 6.07) is 18.4.